The summed E-state index contributed by atoms with van der Waals surface area (Å²) in [4.78, 5) is 14.8. The Balaban J connectivity index is 1.57. The zero-order valence-electron chi connectivity index (χ0n) is 16.0. The van der Waals surface area contributed by atoms with Gasteiger partial charge in [-0.2, -0.15) is 4.31 Å². The van der Waals surface area contributed by atoms with Crippen molar-refractivity contribution in [2.45, 2.75) is 31.0 Å². The predicted molar refractivity (Wildman–Crippen MR) is 97.3 cm³/mol. The van der Waals surface area contributed by atoms with Crippen LogP contribution in [0.5, 0.6) is 0 Å². The number of rotatable bonds is 4. The molecule has 0 radical (unpaired) electrons. The van der Waals surface area contributed by atoms with Crippen molar-refractivity contribution in [3.63, 3.8) is 0 Å². The lowest BCUT2D eigenvalue weighted by Gasteiger charge is -2.37. The summed E-state index contributed by atoms with van der Waals surface area (Å²) in [6, 6.07) is 2.45. The van der Waals surface area contributed by atoms with Crippen molar-refractivity contribution in [2.75, 3.05) is 45.8 Å². The van der Waals surface area contributed by atoms with E-state index in [1.165, 1.54) is 4.31 Å². The SMILES string of the molecule is C[C@H]1CN(C(=O)C[NH+]2CCN(S(=O)(=O)c3ccc(F)cc3F)CC2)C[C@H](C)O1. The predicted octanol–water partition coefficient (Wildman–Crippen LogP) is -0.510. The molecule has 10 heteroatoms. The van der Waals surface area contributed by atoms with Crippen molar-refractivity contribution >= 4 is 15.9 Å². The van der Waals surface area contributed by atoms with E-state index in [2.05, 4.69) is 0 Å². The molecular formula is C18H26F2N3O4S+. The highest BCUT2D eigenvalue weighted by molar-refractivity contribution is 7.89. The minimum absolute atomic E-state index is 0.00436. The first-order valence-electron chi connectivity index (χ1n) is 9.39. The number of hydrogen-bond donors (Lipinski definition) is 1. The van der Waals surface area contributed by atoms with Gasteiger partial charge in [0.25, 0.3) is 5.91 Å². The van der Waals surface area contributed by atoms with Gasteiger partial charge in [-0.1, -0.05) is 0 Å². The average molecular weight is 418 g/mol. The van der Waals surface area contributed by atoms with Gasteiger partial charge in [0.15, 0.2) is 6.54 Å². The van der Waals surface area contributed by atoms with Crippen LogP contribution in [-0.2, 0) is 19.6 Å². The van der Waals surface area contributed by atoms with E-state index in [9.17, 15) is 22.0 Å². The Hall–Kier alpha value is -1.62. The third-order valence-corrected chi connectivity index (χ3v) is 7.05. The van der Waals surface area contributed by atoms with E-state index in [1.807, 2.05) is 13.8 Å². The summed E-state index contributed by atoms with van der Waals surface area (Å²) in [5, 5.41) is 0. The maximum Gasteiger partial charge on any atom is 0.277 e. The molecule has 0 unspecified atom stereocenters. The standard InChI is InChI=1S/C18H25F2N3O4S/c1-13-10-22(11-14(2)27-13)18(24)12-21-5-7-23(8-6-21)28(25,26)17-4-3-15(19)9-16(17)20/h3-4,9,13-14H,5-8,10-12H2,1-2H3/p+1/t13-,14-/m0/s1. The van der Waals surface area contributed by atoms with Crippen LogP contribution < -0.4 is 4.90 Å². The molecule has 1 aromatic rings. The number of nitrogens with one attached hydrogen (secondary N) is 1. The number of carbonyl (C=O) groups is 1. The maximum absolute atomic E-state index is 13.9. The summed E-state index contributed by atoms with van der Waals surface area (Å²) >= 11 is 0. The van der Waals surface area contributed by atoms with Gasteiger partial charge in [-0.3, -0.25) is 4.79 Å². The molecule has 28 heavy (non-hydrogen) atoms. The molecule has 156 valence electrons. The third kappa shape index (κ3) is 4.68. The molecular weight excluding hydrogens is 392 g/mol. The highest BCUT2D eigenvalue weighted by atomic mass is 32.2. The van der Waals surface area contributed by atoms with Crippen LogP contribution in [0.4, 0.5) is 8.78 Å². The highest BCUT2D eigenvalue weighted by Gasteiger charge is 2.34. The van der Waals surface area contributed by atoms with Crippen LogP contribution in [0.1, 0.15) is 13.8 Å². The van der Waals surface area contributed by atoms with Crippen LogP contribution in [-0.4, -0.2) is 81.6 Å². The number of nitrogens with zero attached hydrogens (tertiary/aromatic N) is 2. The zero-order chi connectivity index (χ0) is 20.5. The lowest BCUT2D eigenvalue weighted by molar-refractivity contribution is -0.896. The van der Waals surface area contributed by atoms with Crippen molar-refractivity contribution in [1.82, 2.24) is 9.21 Å². The molecule has 3 rings (SSSR count). The molecule has 0 bridgehead atoms. The summed E-state index contributed by atoms with van der Waals surface area (Å²) in [7, 11) is -4.03. The van der Waals surface area contributed by atoms with Gasteiger partial charge in [-0.15, -0.1) is 0 Å². The molecule has 2 atom stereocenters. The fourth-order valence-electron chi connectivity index (χ4n) is 3.75. The van der Waals surface area contributed by atoms with Crippen LogP contribution in [0.3, 0.4) is 0 Å². The minimum atomic E-state index is -4.03. The lowest BCUT2D eigenvalue weighted by Crippen LogP contribution is -3.15. The first kappa shape index (κ1) is 21.1. The summed E-state index contributed by atoms with van der Waals surface area (Å²) in [6.45, 7) is 6.52. The zero-order valence-corrected chi connectivity index (χ0v) is 16.8. The lowest BCUT2D eigenvalue weighted by atomic mass is 10.2. The summed E-state index contributed by atoms with van der Waals surface area (Å²) in [5.41, 5.74) is 0. The minimum Gasteiger partial charge on any atom is -0.372 e. The first-order valence-corrected chi connectivity index (χ1v) is 10.8. The van der Waals surface area contributed by atoms with Gasteiger partial charge in [-0.05, 0) is 26.0 Å². The Morgan fingerprint density at radius 1 is 1.18 bits per heavy atom. The molecule has 2 aliphatic rings. The molecule has 2 heterocycles. The molecule has 2 fully saturated rings. The molecule has 0 spiro atoms. The average Bonchev–Trinajstić information content (AvgIpc) is 2.61. The van der Waals surface area contributed by atoms with Gasteiger partial charge in [0.05, 0.1) is 38.4 Å². The van der Waals surface area contributed by atoms with Gasteiger partial charge in [0.2, 0.25) is 10.0 Å². The van der Waals surface area contributed by atoms with Crippen LogP contribution in [0, 0.1) is 11.6 Å². The monoisotopic (exact) mass is 418 g/mol. The summed E-state index contributed by atoms with van der Waals surface area (Å²) < 4.78 is 59.1. The second kappa shape index (κ2) is 8.40. The Kier molecular flexibility index (Phi) is 6.33. The maximum atomic E-state index is 13.9. The number of morpholine rings is 1. The number of carbonyl (C=O) groups excluding carboxylic acids is 1. The van der Waals surface area contributed by atoms with E-state index in [4.69, 9.17) is 4.74 Å². The molecule has 1 amide bonds. The van der Waals surface area contributed by atoms with Crippen LogP contribution in [0.15, 0.2) is 23.1 Å². The van der Waals surface area contributed by atoms with E-state index >= 15 is 0 Å². The number of hydrogen-bond acceptors (Lipinski definition) is 4. The normalized spacial score (nSPS) is 25.1. The quantitative estimate of drug-likeness (QED) is 0.715. The molecule has 1 aromatic carbocycles. The molecule has 0 aliphatic carbocycles. The van der Waals surface area contributed by atoms with Crippen LogP contribution in [0.25, 0.3) is 0 Å². The number of ether oxygens (including phenoxy) is 1. The molecule has 2 saturated heterocycles. The van der Waals surface area contributed by atoms with Crippen LogP contribution >= 0.6 is 0 Å². The Morgan fingerprint density at radius 2 is 1.79 bits per heavy atom. The van der Waals surface area contributed by atoms with Gasteiger partial charge in [-0.25, -0.2) is 17.2 Å². The molecule has 1 N–H and O–H groups in total. The topological polar surface area (TPSA) is 71.4 Å². The van der Waals surface area contributed by atoms with Gasteiger partial charge >= 0.3 is 0 Å². The number of sulfonamides is 1. The van der Waals surface area contributed by atoms with Crippen molar-refractivity contribution < 1.29 is 31.6 Å². The van der Waals surface area contributed by atoms with E-state index < -0.39 is 26.6 Å². The van der Waals surface area contributed by atoms with Crippen molar-refractivity contribution in [1.29, 1.82) is 0 Å². The fraction of sp³-hybridized carbons (Fsp3) is 0.611. The Bertz CT molecular complexity index is 818. The van der Waals surface area contributed by atoms with E-state index in [0.717, 1.165) is 17.0 Å². The molecule has 0 saturated carbocycles. The second-order valence-electron chi connectivity index (χ2n) is 7.46. The van der Waals surface area contributed by atoms with Gasteiger partial charge in [0.1, 0.15) is 16.5 Å². The molecule has 7 nitrogen and oxygen atoms in total. The van der Waals surface area contributed by atoms with Gasteiger partial charge < -0.3 is 14.5 Å². The number of benzene rings is 1. The van der Waals surface area contributed by atoms with Crippen LogP contribution in [0.2, 0.25) is 0 Å². The highest BCUT2D eigenvalue weighted by Crippen LogP contribution is 2.20. The van der Waals surface area contributed by atoms with E-state index in [-0.39, 0.29) is 37.7 Å². The van der Waals surface area contributed by atoms with Crippen molar-refractivity contribution in [3.05, 3.63) is 29.8 Å². The largest absolute Gasteiger partial charge is 0.372 e. The first-order chi connectivity index (χ1) is 13.2. The van der Waals surface area contributed by atoms with Crippen molar-refractivity contribution in [2.24, 2.45) is 0 Å². The Labute approximate surface area is 163 Å². The van der Waals surface area contributed by atoms with Crippen molar-refractivity contribution in [3.8, 4) is 0 Å². The fourth-order valence-corrected chi connectivity index (χ4v) is 5.24. The summed E-state index contributed by atoms with van der Waals surface area (Å²) in [5.74, 6) is -1.89. The number of amides is 1. The van der Waals surface area contributed by atoms with E-state index in [1.54, 1.807) is 4.90 Å². The van der Waals surface area contributed by atoms with Gasteiger partial charge in [0, 0.05) is 19.2 Å². The second-order valence-corrected chi connectivity index (χ2v) is 9.37. The molecule has 0 aromatic heterocycles. The third-order valence-electron chi connectivity index (χ3n) is 5.11. The smallest absolute Gasteiger partial charge is 0.277 e. The summed E-state index contributed by atoms with van der Waals surface area (Å²) in [6.07, 6.45) is -0.00871. The number of piperazine rings is 1. The number of quaternary nitrogens is 1. The number of halogens is 2. The molecule has 2 aliphatic heterocycles. The Morgan fingerprint density at radius 3 is 2.36 bits per heavy atom. The van der Waals surface area contributed by atoms with E-state index in [0.29, 0.717) is 32.2 Å².